The van der Waals surface area contributed by atoms with Gasteiger partial charge in [0.1, 0.15) is 0 Å². The van der Waals surface area contributed by atoms with Crippen molar-refractivity contribution in [3.63, 3.8) is 0 Å². The molecule has 1 amide bonds. The van der Waals surface area contributed by atoms with Crippen molar-refractivity contribution in [1.82, 2.24) is 19.4 Å². The molecule has 10 heteroatoms. The fourth-order valence-corrected chi connectivity index (χ4v) is 4.81. The minimum absolute atomic E-state index is 0.0804. The van der Waals surface area contributed by atoms with Crippen molar-refractivity contribution in [3.8, 4) is 17.1 Å². The Hall–Kier alpha value is -3.89. The monoisotopic (exact) mass is 490 g/mol. The van der Waals surface area contributed by atoms with Crippen LogP contribution in [0, 0.1) is 0 Å². The number of aromatic nitrogens is 3. The molecule has 2 aromatic heterocycles. The summed E-state index contributed by atoms with van der Waals surface area (Å²) in [6, 6.07) is 11.8. The Morgan fingerprint density at radius 3 is 2.26 bits per heavy atom. The molecule has 1 aliphatic heterocycles. The van der Waals surface area contributed by atoms with E-state index in [1.54, 1.807) is 58.6 Å². The summed E-state index contributed by atoms with van der Waals surface area (Å²) in [5.74, 6) is -0.699. The lowest BCUT2D eigenvalue weighted by Crippen LogP contribution is -2.40. The second-order valence-corrected chi connectivity index (χ2v) is 9.46. The van der Waals surface area contributed by atoms with Crippen LogP contribution < -0.4 is 0 Å². The molecule has 0 spiro atoms. The molecule has 0 bridgehead atoms. The van der Waals surface area contributed by atoms with E-state index in [2.05, 4.69) is 9.97 Å². The number of carboxylic acids is 1. The molecule has 1 fully saturated rings. The number of ether oxygens (including phenoxy) is 1. The van der Waals surface area contributed by atoms with Gasteiger partial charge in [-0.25, -0.2) is 14.8 Å². The minimum atomic E-state index is -1.25. The summed E-state index contributed by atoms with van der Waals surface area (Å²) in [5.41, 5.74) is 2.93. The summed E-state index contributed by atoms with van der Waals surface area (Å²) in [6.45, 7) is 2.12. The van der Waals surface area contributed by atoms with Crippen LogP contribution >= 0.6 is 0 Å². The van der Waals surface area contributed by atoms with Gasteiger partial charge in [0.15, 0.2) is 0 Å². The van der Waals surface area contributed by atoms with E-state index in [9.17, 15) is 13.8 Å². The van der Waals surface area contributed by atoms with Crippen molar-refractivity contribution in [2.75, 3.05) is 32.6 Å². The molecule has 0 saturated carbocycles. The Morgan fingerprint density at radius 2 is 1.63 bits per heavy atom. The Morgan fingerprint density at radius 1 is 0.971 bits per heavy atom. The Labute approximate surface area is 203 Å². The first-order valence-electron chi connectivity index (χ1n) is 10.9. The average Bonchev–Trinajstić information content (AvgIpc) is 3.28. The lowest BCUT2D eigenvalue weighted by atomic mass is 10.1. The second kappa shape index (κ2) is 9.40. The number of hydrogen-bond donors (Lipinski definition) is 1. The lowest BCUT2D eigenvalue weighted by molar-refractivity contribution is 0.0303. The average molecular weight is 491 g/mol. The zero-order valence-electron chi connectivity index (χ0n) is 18.9. The van der Waals surface area contributed by atoms with Crippen LogP contribution in [-0.4, -0.2) is 73.2 Å². The van der Waals surface area contributed by atoms with Gasteiger partial charge in [0.05, 0.1) is 40.0 Å². The number of aromatic carboxylic acids is 1. The van der Waals surface area contributed by atoms with Crippen LogP contribution in [0.25, 0.3) is 28.0 Å². The third kappa shape index (κ3) is 4.45. The Kier molecular flexibility index (Phi) is 6.14. The smallest absolute Gasteiger partial charge is 0.335 e. The van der Waals surface area contributed by atoms with Crippen molar-refractivity contribution in [3.05, 3.63) is 72.2 Å². The molecular weight excluding hydrogens is 468 g/mol. The molecule has 2 aromatic carbocycles. The number of carbonyl (C=O) groups is 2. The van der Waals surface area contributed by atoms with Crippen LogP contribution in [0.15, 0.2) is 66.0 Å². The van der Waals surface area contributed by atoms with Gasteiger partial charge in [-0.3, -0.25) is 13.6 Å². The van der Waals surface area contributed by atoms with E-state index in [1.807, 2.05) is 6.07 Å². The number of carboxylic acid groups (broad SMARTS) is 1. The van der Waals surface area contributed by atoms with Crippen LogP contribution in [0.5, 0.6) is 0 Å². The summed E-state index contributed by atoms with van der Waals surface area (Å²) in [4.78, 5) is 35.5. The van der Waals surface area contributed by atoms with E-state index in [-0.39, 0.29) is 11.5 Å². The minimum Gasteiger partial charge on any atom is -0.478 e. The zero-order valence-corrected chi connectivity index (χ0v) is 19.7. The molecule has 3 heterocycles. The molecule has 35 heavy (non-hydrogen) atoms. The summed E-state index contributed by atoms with van der Waals surface area (Å²) >= 11 is 0. The molecule has 1 aliphatic rings. The maximum Gasteiger partial charge on any atom is 0.335 e. The maximum atomic E-state index is 13.0. The summed E-state index contributed by atoms with van der Waals surface area (Å²) in [7, 11) is -1.25. The number of morpholine rings is 1. The lowest BCUT2D eigenvalue weighted by Gasteiger charge is -2.26. The van der Waals surface area contributed by atoms with E-state index < -0.39 is 16.8 Å². The van der Waals surface area contributed by atoms with Gasteiger partial charge in [0.2, 0.25) is 5.95 Å². The molecule has 178 valence electrons. The van der Waals surface area contributed by atoms with E-state index in [0.29, 0.717) is 48.2 Å². The highest BCUT2D eigenvalue weighted by atomic mass is 32.2. The summed E-state index contributed by atoms with van der Waals surface area (Å²) in [5, 5.41) is 9.85. The molecular formula is C25H22N4O5S. The summed E-state index contributed by atoms with van der Waals surface area (Å²) in [6.07, 6.45) is 6.64. The van der Waals surface area contributed by atoms with Crippen LogP contribution in [0.2, 0.25) is 0 Å². The zero-order chi connectivity index (χ0) is 24.5. The molecule has 5 rings (SSSR count). The Balaban J connectivity index is 1.52. The topological polar surface area (TPSA) is 115 Å². The van der Waals surface area contributed by atoms with Crippen LogP contribution in [0.1, 0.15) is 20.7 Å². The maximum absolute atomic E-state index is 13.0. The first kappa shape index (κ1) is 22.9. The number of amides is 1. The highest BCUT2D eigenvalue weighted by molar-refractivity contribution is 7.84. The molecule has 4 aromatic rings. The highest BCUT2D eigenvalue weighted by Crippen LogP contribution is 2.28. The largest absolute Gasteiger partial charge is 0.478 e. The standard InChI is InChI=1S/C25H22N4O5S/c1-35(33)22-15-29(21-12-18(6-7-20(21)22)23(30)28-8-10-34-11-9-28)25-26-13-19(14-27-25)16-2-4-17(5-3-16)24(31)32/h2-7,12-15H,8-11H2,1H3,(H,31,32). The summed E-state index contributed by atoms with van der Waals surface area (Å²) < 4.78 is 19.5. The molecule has 1 atom stereocenters. The van der Waals surface area contributed by atoms with E-state index in [1.165, 1.54) is 12.1 Å². The third-order valence-electron chi connectivity index (χ3n) is 5.94. The van der Waals surface area contributed by atoms with Crippen LogP contribution in [0.4, 0.5) is 0 Å². The molecule has 0 aliphatic carbocycles. The van der Waals surface area contributed by atoms with Crippen LogP contribution in [-0.2, 0) is 15.5 Å². The number of rotatable bonds is 5. The number of benzene rings is 2. The van der Waals surface area contributed by atoms with Gasteiger partial charge >= 0.3 is 5.97 Å². The molecule has 1 saturated heterocycles. The highest BCUT2D eigenvalue weighted by Gasteiger charge is 2.21. The SMILES string of the molecule is CS(=O)c1cn(-c2ncc(-c3ccc(C(=O)O)cc3)cn2)c2cc(C(=O)N3CCOCC3)ccc12. The van der Waals surface area contributed by atoms with Gasteiger partial charge in [0.25, 0.3) is 5.91 Å². The number of hydrogen-bond acceptors (Lipinski definition) is 6. The van der Waals surface area contributed by atoms with Crippen molar-refractivity contribution >= 4 is 33.6 Å². The van der Waals surface area contributed by atoms with Crippen molar-refractivity contribution in [2.24, 2.45) is 0 Å². The van der Waals surface area contributed by atoms with E-state index >= 15 is 0 Å². The molecule has 1 N–H and O–H groups in total. The van der Waals surface area contributed by atoms with Crippen molar-refractivity contribution in [1.29, 1.82) is 0 Å². The van der Waals surface area contributed by atoms with Crippen molar-refractivity contribution < 1.29 is 23.6 Å². The molecule has 9 nitrogen and oxygen atoms in total. The first-order chi connectivity index (χ1) is 16.9. The van der Waals surface area contributed by atoms with Gasteiger partial charge in [-0.15, -0.1) is 0 Å². The fraction of sp³-hybridized carbons (Fsp3) is 0.200. The van der Waals surface area contributed by atoms with Crippen molar-refractivity contribution in [2.45, 2.75) is 4.90 Å². The van der Waals surface area contributed by atoms with E-state index in [4.69, 9.17) is 9.84 Å². The second-order valence-electron chi connectivity index (χ2n) is 8.11. The third-order valence-corrected chi connectivity index (χ3v) is 6.89. The van der Waals surface area contributed by atoms with Gasteiger partial charge in [0, 0.05) is 54.4 Å². The van der Waals surface area contributed by atoms with Gasteiger partial charge in [-0.1, -0.05) is 18.2 Å². The predicted molar refractivity (Wildman–Crippen MR) is 130 cm³/mol. The van der Waals surface area contributed by atoms with Gasteiger partial charge in [-0.2, -0.15) is 0 Å². The number of nitrogens with zero attached hydrogens (tertiary/aromatic N) is 4. The number of carbonyl (C=O) groups excluding carboxylic acids is 1. The number of fused-ring (bicyclic) bond motifs is 1. The predicted octanol–water partition coefficient (Wildman–Crippen LogP) is 3.00. The molecule has 0 radical (unpaired) electrons. The quantitative estimate of drug-likeness (QED) is 0.457. The molecule has 1 unspecified atom stereocenters. The normalized spacial score (nSPS) is 14.7. The van der Waals surface area contributed by atoms with E-state index in [0.717, 1.165) is 16.5 Å². The van der Waals surface area contributed by atoms with Gasteiger partial charge in [-0.05, 0) is 29.8 Å². The van der Waals surface area contributed by atoms with Crippen LogP contribution in [0.3, 0.4) is 0 Å². The van der Waals surface area contributed by atoms with Gasteiger partial charge < -0.3 is 14.7 Å². The fourth-order valence-electron chi connectivity index (χ4n) is 4.07. The first-order valence-corrected chi connectivity index (χ1v) is 12.5. The Bertz CT molecular complexity index is 1440.